The molecule has 15 heavy (non-hydrogen) atoms. The molecule has 1 aliphatic rings. The molecule has 1 unspecified atom stereocenters. The molecule has 0 bridgehead atoms. The molecule has 0 radical (unpaired) electrons. The third-order valence-corrected chi connectivity index (χ3v) is 2.97. The zero-order valence-corrected chi connectivity index (χ0v) is 10.1. The van der Waals surface area contributed by atoms with E-state index in [4.69, 9.17) is 4.74 Å². The Hall–Kier alpha value is -0.830. The average Bonchev–Trinajstić information content (AvgIpc) is 2.29. The molecule has 86 valence electrons. The van der Waals surface area contributed by atoms with Crippen LogP contribution in [0.15, 0.2) is 12.7 Å². The Morgan fingerprint density at radius 2 is 2.13 bits per heavy atom. The number of nitrogens with one attached hydrogen (secondary N) is 1. The Kier molecular flexibility index (Phi) is 3.24. The van der Waals surface area contributed by atoms with Crippen LogP contribution in [0.4, 0.5) is 0 Å². The van der Waals surface area contributed by atoms with Gasteiger partial charge in [-0.05, 0) is 40.2 Å². The number of carbonyl (C=O) groups is 1. The summed E-state index contributed by atoms with van der Waals surface area (Å²) < 4.78 is 5.94. The summed E-state index contributed by atoms with van der Waals surface area (Å²) in [5, 5.41) is 2.83. The lowest BCUT2D eigenvalue weighted by Gasteiger charge is -2.27. The Bertz CT molecular complexity index is 269. The molecule has 3 nitrogen and oxygen atoms in total. The molecule has 3 heteroatoms. The molecule has 0 aromatic rings. The molecule has 1 atom stereocenters. The van der Waals surface area contributed by atoms with Crippen molar-refractivity contribution in [1.29, 1.82) is 0 Å². The minimum atomic E-state index is -0.169. The van der Waals surface area contributed by atoms with Gasteiger partial charge in [0.1, 0.15) is 0 Å². The van der Waals surface area contributed by atoms with Gasteiger partial charge in [0.25, 0.3) is 0 Å². The van der Waals surface area contributed by atoms with Gasteiger partial charge in [-0.1, -0.05) is 6.58 Å². The predicted octanol–water partition coefficient (Wildman–Crippen LogP) is 1.88. The first kappa shape index (κ1) is 12.2. The summed E-state index contributed by atoms with van der Waals surface area (Å²) in [7, 11) is 0. The van der Waals surface area contributed by atoms with Gasteiger partial charge < -0.3 is 10.1 Å². The van der Waals surface area contributed by atoms with Gasteiger partial charge in [0.15, 0.2) is 0 Å². The second-order valence-corrected chi connectivity index (χ2v) is 5.32. The fourth-order valence-electron chi connectivity index (χ4n) is 2.29. The fourth-order valence-corrected chi connectivity index (χ4v) is 2.29. The molecule has 0 aromatic heterocycles. The zero-order chi connectivity index (χ0) is 11.7. The normalized spacial score (nSPS) is 27.3. The summed E-state index contributed by atoms with van der Waals surface area (Å²) in [6.45, 7) is 12.4. The van der Waals surface area contributed by atoms with E-state index in [9.17, 15) is 4.79 Å². The lowest BCUT2D eigenvalue weighted by Crippen LogP contribution is -2.37. The molecule has 1 rings (SSSR count). The van der Waals surface area contributed by atoms with Crippen molar-refractivity contribution in [3.8, 4) is 0 Å². The lowest BCUT2D eigenvalue weighted by molar-refractivity contribution is -0.117. The van der Waals surface area contributed by atoms with Gasteiger partial charge in [0, 0.05) is 12.5 Å². The highest BCUT2D eigenvalue weighted by Gasteiger charge is 2.45. The third-order valence-electron chi connectivity index (χ3n) is 2.97. The Morgan fingerprint density at radius 1 is 1.53 bits per heavy atom. The average molecular weight is 211 g/mol. The molecule has 1 amide bonds. The van der Waals surface area contributed by atoms with Gasteiger partial charge in [-0.2, -0.15) is 0 Å². The van der Waals surface area contributed by atoms with Crippen molar-refractivity contribution in [2.24, 2.45) is 5.92 Å². The Labute approximate surface area is 91.9 Å². The highest BCUT2D eigenvalue weighted by atomic mass is 16.5. The van der Waals surface area contributed by atoms with E-state index in [2.05, 4.69) is 39.6 Å². The maximum absolute atomic E-state index is 11.1. The van der Waals surface area contributed by atoms with E-state index in [1.807, 2.05) is 0 Å². The van der Waals surface area contributed by atoms with E-state index in [1.165, 1.54) is 6.08 Å². The van der Waals surface area contributed by atoms with Gasteiger partial charge >= 0.3 is 0 Å². The highest BCUT2D eigenvalue weighted by molar-refractivity contribution is 5.86. The summed E-state index contributed by atoms with van der Waals surface area (Å²) in [6, 6.07) is 0. The second-order valence-electron chi connectivity index (χ2n) is 5.32. The van der Waals surface area contributed by atoms with E-state index in [1.54, 1.807) is 0 Å². The molecule has 0 aliphatic carbocycles. The molecular weight excluding hydrogens is 190 g/mol. The highest BCUT2D eigenvalue weighted by Crippen LogP contribution is 2.41. The minimum Gasteiger partial charge on any atom is -0.369 e. The second kappa shape index (κ2) is 3.97. The minimum absolute atomic E-state index is 0.0902. The third kappa shape index (κ3) is 3.06. The van der Waals surface area contributed by atoms with Crippen LogP contribution in [-0.2, 0) is 9.53 Å². The van der Waals surface area contributed by atoms with Crippen LogP contribution in [0, 0.1) is 5.92 Å². The maximum Gasteiger partial charge on any atom is 0.243 e. The molecule has 1 aliphatic heterocycles. The summed E-state index contributed by atoms with van der Waals surface area (Å²) in [5.41, 5.74) is -0.259. The standard InChI is InChI=1S/C12H21NO2/c1-6-10(14)13-8-9-7-11(2,3)15-12(9,4)5/h6,9H,1,7-8H2,2-5H3,(H,13,14). The quantitative estimate of drug-likeness (QED) is 0.724. The molecule has 1 fully saturated rings. The van der Waals surface area contributed by atoms with Crippen LogP contribution in [0.1, 0.15) is 34.1 Å². The van der Waals surface area contributed by atoms with E-state index >= 15 is 0 Å². The molecular formula is C12H21NO2. The van der Waals surface area contributed by atoms with E-state index in [0.29, 0.717) is 12.5 Å². The van der Waals surface area contributed by atoms with Crippen molar-refractivity contribution in [3.05, 3.63) is 12.7 Å². The number of hydrogen-bond donors (Lipinski definition) is 1. The summed E-state index contributed by atoms with van der Waals surface area (Å²) >= 11 is 0. The van der Waals surface area contributed by atoms with Crippen molar-refractivity contribution < 1.29 is 9.53 Å². The molecule has 1 saturated heterocycles. The number of ether oxygens (including phenoxy) is 1. The fraction of sp³-hybridized carbons (Fsp3) is 0.750. The number of rotatable bonds is 3. The van der Waals surface area contributed by atoms with Gasteiger partial charge in [0.05, 0.1) is 11.2 Å². The van der Waals surface area contributed by atoms with E-state index < -0.39 is 0 Å². The Balaban J connectivity index is 2.55. The van der Waals surface area contributed by atoms with Crippen LogP contribution in [0.5, 0.6) is 0 Å². The van der Waals surface area contributed by atoms with Gasteiger partial charge in [0.2, 0.25) is 5.91 Å². The van der Waals surface area contributed by atoms with E-state index in [0.717, 1.165) is 6.42 Å². The monoisotopic (exact) mass is 211 g/mol. The van der Waals surface area contributed by atoms with E-state index in [-0.39, 0.29) is 17.1 Å². The van der Waals surface area contributed by atoms with Gasteiger partial charge in [-0.25, -0.2) is 0 Å². The molecule has 1 N–H and O–H groups in total. The maximum atomic E-state index is 11.1. The molecule has 0 spiro atoms. The van der Waals surface area contributed by atoms with Gasteiger partial charge in [-0.3, -0.25) is 4.79 Å². The van der Waals surface area contributed by atoms with Crippen LogP contribution in [0.2, 0.25) is 0 Å². The first-order valence-corrected chi connectivity index (χ1v) is 5.37. The number of amides is 1. The van der Waals surface area contributed by atoms with Crippen LogP contribution < -0.4 is 5.32 Å². The molecule has 1 heterocycles. The van der Waals surface area contributed by atoms with Crippen molar-refractivity contribution in [2.75, 3.05) is 6.54 Å². The van der Waals surface area contributed by atoms with Crippen LogP contribution >= 0.6 is 0 Å². The van der Waals surface area contributed by atoms with Gasteiger partial charge in [-0.15, -0.1) is 0 Å². The first-order valence-electron chi connectivity index (χ1n) is 5.37. The largest absolute Gasteiger partial charge is 0.369 e. The van der Waals surface area contributed by atoms with Crippen molar-refractivity contribution in [2.45, 2.75) is 45.3 Å². The molecule has 0 aromatic carbocycles. The van der Waals surface area contributed by atoms with Crippen LogP contribution in [0.25, 0.3) is 0 Å². The molecule has 0 saturated carbocycles. The first-order chi connectivity index (χ1) is 6.77. The Morgan fingerprint density at radius 3 is 2.53 bits per heavy atom. The number of carbonyl (C=O) groups excluding carboxylic acids is 1. The predicted molar refractivity (Wildman–Crippen MR) is 60.6 cm³/mol. The summed E-state index contributed by atoms with van der Waals surface area (Å²) in [4.78, 5) is 11.1. The van der Waals surface area contributed by atoms with Crippen molar-refractivity contribution >= 4 is 5.91 Å². The van der Waals surface area contributed by atoms with Crippen molar-refractivity contribution in [3.63, 3.8) is 0 Å². The lowest BCUT2D eigenvalue weighted by atomic mass is 9.87. The summed E-state index contributed by atoms with van der Waals surface area (Å²) in [6.07, 6.45) is 2.27. The topological polar surface area (TPSA) is 38.3 Å². The summed E-state index contributed by atoms with van der Waals surface area (Å²) in [5.74, 6) is 0.243. The van der Waals surface area contributed by atoms with Crippen LogP contribution in [0.3, 0.4) is 0 Å². The SMILES string of the molecule is C=CC(=O)NCC1CC(C)(C)OC1(C)C. The number of hydrogen-bond acceptors (Lipinski definition) is 2. The van der Waals surface area contributed by atoms with Crippen LogP contribution in [-0.4, -0.2) is 23.7 Å². The smallest absolute Gasteiger partial charge is 0.243 e. The van der Waals surface area contributed by atoms with Crippen molar-refractivity contribution in [1.82, 2.24) is 5.32 Å². The zero-order valence-electron chi connectivity index (χ0n) is 10.1.